The van der Waals surface area contributed by atoms with Gasteiger partial charge in [-0.2, -0.15) is 0 Å². The van der Waals surface area contributed by atoms with Crippen LogP contribution in [-0.2, 0) is 4.79 Å². The summed E-state index contributed by atoms with van der Waals surface area (Å²) in [7, 11) is 1.26. The first kappa shape index (κ1) is 17.7. The molecule has 0 radical (unpaired) electrons. The average molecular weight is 316 g/mol. The van der Waals surface area contributed by atoms with Gasteiger partial charge in [-0.05, 0) is 20.3 Å². The molecule has 1 aromatic rings. The number of amides is 2. The molecule has 0 saturated heterocycles. The van der Waals surface area contributed by atoms with Gasteiger partial charge in [0.05, 0.1) is 12.8 Å². The van der Waals surface area contributed by atoms with Gasteiger partial charge in [0.15, 0.2) is 11.6 Å². The van der Waals surface area contributed by atoms with E-state index < -0.39 is 29.2 Å². The normalized spacial score (nSPS) is 11.0. The molecular formula is C14H18F2N2O4. The minimum Gasteiger partial charge on any atom is -0.494 e. The Hall–Kier alpha value is -2.38. The number of carbonyl (C=O) groups is 2. The SMILES string of the molecule is COc1cc(F)c(F)cc1NC(=O)NC(C)(C)CCC(=O)O. The smallest absolute Gasteiger partial charge is 0.319 e. The van der Waals surface area contributed by atoms with Crippen molar-refractivity contribution in [3.8, 4) is 5.75 Å². The van der Waals surface area contributed by atoms with Gasteiger partial charge in [-0.15, -0.1) is 0 Å². The van der Waals surface area contributed by atoms with Crippen molar-refractivity contribution in [1.82, 2.24) is 5.32 Å². The molecule has 0 spiro atoms. The lowest BCUT2D eigenvalue weighted by molar-refractivity contribution is -0.137. The van der Waals surface area contributed by atoms with Gasteiger partial charge in [-0.25, -0.2) is 13.6 Å². The van der Waals surface area contributed by atoms with Crippen LogP contribution in [0.3, 0.4) is 0 Å². The lowest BCUT2D eigenvalue weighted by Gasteiger charge is -2.26. The molecule has 8 heteroatoms. The summed E-state index contributed by atoms with van der Waals surface area (Å²) in [6.07, 6.45) is 0.104. The Morgan fingerprint density at radius 3 is 2.41 bits per heavy atom. The molecule has 0 atom stereocenters. The molecule has 0 aliphatic carbocycles. The first-order valence-corrected chi connectivity index (χ1v) is 6.48. The number of urea groups is 1. The fourth-order valence-electron chi connectivity index (χ4n) is 1.74. The van der Waals surface area contributed by atoms with Gasteiger partial charge < -0.3 is 20.5 Å². The maximum absolute atomic E-state index is 13.2. The summed E-state index contributed by atoms with van der Waals surface area (Å²) in [6, 6.07) is 0.943. The number of benzene rings is 1. The summed E-state index contributed by atoms with van der Waals surface area (Å²) < 4.78 is 31.2. The van der Waals surface area contributed by atoms with Crippen LogP contribution >= 0.6 is 0 Å². The van der Waals surface area contributed by atoms with Crippen molar-refractivity contribution >= 4 is 17.7 Å². The Balaban J connectivity index is 2.76. The number of carboxylic acid groups (broad SMARTS) is 1. The molecular weight excluding hydrogens is 298 g/mol. The Labute approximate surface area is 126 Å². The summed E-state index contributed by atoms with van der Waals surface area (Å²) in [5.41, 5.74) is -0.818. The second-order valence-electron chi connectivity index (χ2n) is 5.32. The van der Waals surface area contributed by atoms with E-state index in [-0.39, 0.29) is 24.3 Å². The van der Waals surface area contributed by atoms with E-state index in [2.05, 4.69) is 10.6 Å². The number of rotatable bonds is 6. The summed E-state index contributed by atoms with van der Waals surface area (Å²) in [4.78, 5) is 22.4. The van der Waals surface area contributed by atoms with Crippen LogP contribution in [0.15, 0.2) is 12.1 Å². The first-order chi connectivity index (χ1) is 10.1. The molecule has 2 amide bonds. The highest BCUT2D eigenvalue weighted by molar-refractivity contribution is 5.91. The van der Waals surface area contributed by atoms with Crippen molar-refractivity contribution in [3.05, 3.63) is 23.8 Å². The number of methoxy groups -OCH3 is 1. The largest absolute Gasteiger partial charge is 0.494 e. The summed E-state index contributed by atoms with van der Waals surface area (Å²) in [6.45, 7) is 3.30. The molecule has 0 fully saturated rings. The van der Waals surface area contributed by atoms with Crippen LogP contribution in [0.1, 0.15) is 26.7 Å². The zero-order valence-electron chi connectivity index (χ0n) is 12.5. The van der Waals surface area contributed by atoms with E-state index in [9.17, 15) is 18.4 Å². The zero-order chi connectivity index (χ0) is 16.9. The predicted octanol–water partition coefficient (Wildman–Crippen LogP) is 2.74. The van der Waals surface area contributed by atoms with E-state index in [0.29, 0.717) is 0 Å². The molecule has 0 bridgehead atoms. The number of halogens is 2. The Morgan fingerprint density at radius 1 is 1.27 bits per heavy atom. The number of nitrogens with one attached hydrogen (secondary N) is 2. The van der Waals surface area contributed by atoms with E-state index in [1.807, 2.05) is 0 Å². The molecule has 0 aromatic heterocycles. The van der Waals surface area contributed by atoms with E-state index in [1.54, 1.807) is 13.8 Å². The highest BCUT2D eigenvalue weighted by Gasteiger charge is 2.22. The topological polar surface area (TPSA) is 87.7 Å². The highest BCUT2D eigenvalue weighted by atomic mass is 19.2. The van der Waals surface area contributed by atoms with Crippen LogP contribution in [-0.4, -0.2) is 29.8 Å². The van der Waals surface area contributed by atoms with Crippen LogP contribution in [0.4, 0.5) is 19.3 Å². The third-order valence-corrected chi connectivity index (χ3v) is 2.91. The fraction of sp³-hybridized carbons (Fsp3) is 0.429. The van der Waals surface area contributed by atoms with Crippen LogP contribution in [0.25, 0.3) is 0 Å². The molecule has 22 heavy (non-hydrogen) atoms. The van der Waals surface area contributed by atoms with E-state index in [0.717, 1.165) is 12.1 Å². The highest BCUT2D eigenvalue weighted by Crippen LogP contribution is 2.27. The second-order valence-corrected chi connectivity index (χ2v) is 5.32. The van der Waals surface area contributed by atoms with Crippen molar-refractivity contribution in [2.45, 2.75) is 32.2 Å². The first-order valence-electron chi connectivity index (χ1n) is 6.48. The number of hydrogen-bond donors (Lipinski definition) is 3. The lowest BCUT2D eigenvalue weighted by atomic mass is 9.99. The van der Waals surface area contributed by atoms with Crippen LogP contribution < -0.4 is 15.4 Å². The monoisotopic (exact) mass is 316 g/mol. The Bertz CT molecular complexity index is 576. The molecule has 0 saturated carbocycles. The standard InChI is InChI=1S/C14H18F2N2O4/c1-14(2,5-4-12(19)20)18-13(21)17-10-6-8(15)9(16)7-11(10)22-3/h6-7H,4-5H2,1-3H3,(H,19,20)(H2,17,18,21). The maximum atomic E-state index is 13.2. The quantitative estimate of drug-likeness (QED) is 0.753. The minimum atomic E-state index is -1.12. The number of carbonyl (C=O) groups excluding carboxylic acids is 1. The average Bonchev–Trinajstić information content (AvgIpc) is 2.40. The number of anilines is 1. The number of hydrogen-bond acceptors (Lipinski definition) is 3. The van der Waals surface area contributed by atoms with Gasteiger partial charge in [0.2, 0.25) is 0 Å². The number of carboxylic acids is 1. The van der Waals surface area contributed by atoms with Gasteiger partial charge in [-0.3, -0.25) is 4.79 Å². The molecule has 1 rings (SSSR count). The third kappa shape index (κ3) is 5.19. The third-order valence-electron chi connectivity index (χ3n) is 2.91. The van der Waals surface area contributed by atoms with Gasteiger partial charge in [-0.1, -0.05) is 0 Å². The zero-order valence-corrected chi connectivity index (χ0v) is 12.5. The molecule has 0 aliphatic rings. The minimum absolute atomic E-state index is 0.0302. The number of ether oxygens (including phenoxy) is 1. The fourth-order valence-corrected chi connectivity index (χ4v) is 1.74. The van der Waals surface area contributed by atoms with Crippen molar-refractivity contribution < 1.29 is 28.2 Å². The van der Waals surface area contributed by atoms with Crippen molar-refractivity contribution in [2.24, 2.45) is 0 Å². The molecule has 0 aliphatic heterocycles. The van der Waals surface area contributed by atoms with Gasteiger partial charge in [0, 0.05) is 24.1 Å². The molecule has 122 valence electrons. The molecule has 6 nitrogen and oxygen atoms in total. The number of aliphatic carboxylic acids is 1. The Morgan fingerprint density at radius 2 is 1.86 bits per heavy atom. The van der Waals surface area contributed by atoms with E-state index in [4.69, 9.17) is 9.84 Å². The van der Waals surface area contributed by atoms with Crippen LogP contribution in [0.5, 0.6) is 5.75 Å². The maximum Gasteiger partial charge on any atom is 0.319 e. The predicted molar refractivity (Wildman–Crippen MR) is 76.0 cm³/mol. The summed E-state index contributed by atoms with van der Waals surface area (Å²) in [5, 5.41) is 13.6. The van der Waals surface area contributed by atoms with Crippen molar-refractivity contribution in [1.29, 1.82) is 0 Å². The molecule has 3 N–H and O–H groups in total. The molecule has 0 unspecified atom stereocenters. The lowest BCUT2D eigenvalue weighted by Crippen LogP contribution is -2.45. The Kier molecular flexibility index (Phi) is 5.67. The van der Waals surface area contributed by atoms with E-state index >= 15 is 0 Å². The van der Waals surface area contributed by atoms with Gasteiger partial charge in [0.1, 0.15) is 5.75 Å². The van der Waals surface area contributed by atoms with Gasteiger partial charge in [0.25, 0.3) is 0 Å². The van der Waals surface area contributed by atoms with Crippen molar-refractivity contribution in [2.75, 3.05) is 12.4 Å². The molecule has 0 heterocycles. The van der Waals surface area contributed by atoms with E-state index in [1.165, 1.54) is 7.11 Å². The van der Waals surface area contributed by atoms with Crippen LogP contribution in [0, 0.1) is 11.6 Å². The van der Waals surface area contributed by atoms with Crippen molar-refractivity contribution in [3.63, 3.8) is 0 Å². The van der Waals surface area contributed by atoms with Crippen LogP contribution in [0.2, 0.25) is 0 Å². The summed E-state index contributed by atoms with van der Waals surface area (Å²) in [5.74, 6) is -3.22. The summed E-state index contributed by atoms with van der Waals surface area (Å²) >= 11 is 0. The van der Waals surface area contributed by atoms with Gasteiger partial charge >= 0.3 is 12.0 Å². The molecule has 1 aromatic carbocycles. The second kappa shape index (κ2) is 7.06.